The summed E-state index contributed by atoms with van der Waals surface area (Å²) in [7, 11) is 0. The maximum atomic E-state index is 10.4. The van der Waals surface area contributed by atoms with Gasteiger partial charge in [-0.25, -0.2) is 0 Å². The number of carboxylic acids is 2. The molecule has 0 radical (unpaired) electrons. The molecule has 2 N–H and O–H groups in total. The number of carboxylic acid groups (broad SMARTS) is 2. The van der Waals surface area contributed by atoms with Crippen LogP contribution in [-0.2, 0) is 9.59 Å². The van der Waals surface area contributed by atoms with Crippen molar-refractivity contribution in [3.63, 3.8) is 0 Å². The zero-order valence-corrected chi connectivity index (χ0v) is 11.3. The van der Waals surface area contributed by atoms with Gasteiger partial charge in [0, 0.05) is 0 Å². The molecule has 4 nitrogen and oxygen atoms in total. The number of hydrogen-bond acceptors (Lipinski definition) is 2. The number of hydrogen-bond donors (Lipinski definition) is 2. The topological polar surface area (TPSA) is 74.6 Å². The first-order valence-corrected chi connectivity index (χ1v) is 6.52. The maximum absolute atomic E-state index is 10.4. The molecule has 0 aromatic heterocycles. The van der Waals surface area contributed by atoms with Crippen LogP contribution in [0.4, 0.5) is 0 Å². The quantitative estimate of drug-likeness (QED) is 0.524. The first kappa shape index (κ1) is 14.9. The highest BCUT2D eigenvalue weighted by Crippen LogP contribution is 2.15. The number of unbranched alkanes of at least 4 members (excludes halogenated alkanes) is 2. The van der Waals surface area contributed by atoms with Crippen LogP contribution in [0.3, 0.4) is 0 Å². The molecule has 2 unspecified atom stereocenters. The standard InChI is InChI=1S/C9H14Br2O4/c10-6(8(12)13)4-2-1-3-5-7(11)9(14)15/h6-7H,1-5H2,(H,12,13)(H,14,15). The van der Waals surface area contributed by atoms with Gasteiger partial charge in [0.1, 0.15) is 9.65 Å². The van der Waals surface area contributed by atoms with Gasteiger partial charge in [0.05, 0.1) is 0 Å². The second-order valence-corrected chi connectivity index (χ2v) is 5.46. The lowest BCUT2D eigenvalue weighted by atomic mass is 10.1. The van der Waals surface area contributed by atoms with Crippen molar-refractivity contribution < 1.29 is 19.8 Å². The number of carbonyl (C=O) groups is 2. The summed E-state index contributed by atoms with van der Waals surface area (Å²) < 4.78 is 0. The summed E-state index contributed by atoms with van der Waals surface area (Å²) in [5, 5.41) is 17.1. The first-order valence-electron chi connectivity index (χ1n) is 4.69. The minimum atomic E-state index is -0.848. The summed E-state index contributed by atoms with van der Waals surface area (Å²) in [6, 6.07) is 0. The number of halogens is 2. The molecule has 0 saturated heterocycles. The van der Waals surface area contributed by atoms with E-state index < -0.39 is 21.6 Å². The van der Waals surface area contributed by atoms with Crippen molar-refractivity contribution >= 4 is 43.8 Å². The van der Waals surface area contributed by atoms with Gasteiger partial charge in [-0.3, -0.25) is 9.59 Å². The van der Waals surface area contributed by atoms with Crippen LogP contribution in [0.5, 0.6) is 0 Å². The minimum Gasteiger partial charge on any atom is -0.480 e. The van der Waals surface area contributed by atoms with Crippen LogP contribution >= 0.6 is 31.9 Å². The lowest BCUT2D eigenvalue weighted by Crippen LogP contribution is -2.13. The smallest absolute Gasteiger partial charge is 0.317 e. The molecule has 0 aromatic carbocycles. The SMILES string of the molecule is O=C(O)C(Br)CCCCCC(Br)C(=O)O. The molecule has 6 heteroatoms. The highest BCUT2D eigenvalue weighted by atomic mass is 79.9. The number of aliphatic carboxylic acids is 2. The Morgan fingerprint density at radius 3 is 1.47 bits per heavy atom. The van der Waals surface area contributed by atoms with E-state index in [1.54, 1.807) is 0 Å². The van der Waals surface area contributed by atoms with Crippen LogP contribution in [0.25, 0.3) is 0 Å². The molecule has 0 fully saturated rings. The lowest BCUT2D eigenvalue weighted by molar-refractivity contribution is -0.137. The van der Waals surface area contributed by atoms with Gasteiger partial charge in [-0.2, -0.15) is 0 Å². The van der Waals surface area contributed by atoms with Crippen LogP contribution < -0.4 is 0 Å². The Morgan fingerprint density at radius 1 is 0.867 bits per heavy atom. The zero-order chi connectivity index (χ0) is 11.8. The van der Waals surface area contributed by atoms with Crippen molar-refractivity contribution in [2.75, 3.05) is 0 Å². The average molecular weight is 346 g/mol. The van der Waals surface area contributed by atoms with Crippen LogP contribution in [0.1, 0.15) is 32.1 Å². The number of rotatable bonds is 8. The van der Waals surface area contributed by atoms with Gasteiger partial charge in [-0.15, -0.1) is 0 Å². The molecule has 0 aromatic rings. The molecule has 0 rings (SSSR count). The summed E-state index contributed by atoms with van der Waals surface area (Å²) in [6.07, 6.45) is 3.60. The summed E-state index contributed by atoms with van der Waals surface area (Å²) >= 11 is 6.09. The van der Waals surface area contributed by atoms with Crippen LogP contribution in [0, 0.1) is 0 Å². The van der Waals surface area contributed by atoms with Gasteiger partial charge in [0.25, 0.3) is 0 Å². The molecule has 0 amide bonds. The molecule has 0 aliphatic rings. The highest BCUT2D eigenvalue weighted by Gasteiger charge is 2.13. The fourth-order valence-electron chi connectivity index (χ4n) is 1.07. The van der Waals surface area contributed by atoms with Gasteiger partial charge in [0.15, 0.2) is 0 Å². The average Bonchev–Trinajstić information content (AvgIpc) is 2.16. The van der Waals surface area contributed by atoms with E-state index in [9.17, 15) is 9.59 Å². The Labute approximate surface area is 105 Å². The van der Waals surface area contributed by atoms with Crippen molar-refractivity contribution in [2.24, 2.45) is 0 Å². The van der Waals surface area contributed by atoms with Gasteiger partial charge in [0.2, 0.25) is 0 Å². The molecule has 0 heterocycles. The van der Waals surface area contributed by atoms with Crippen molar-refractivity contribution in [3.8, 4) is 0 Å². The summed E-state index contributed by atoms with van der Waals surface area (Å²) in [5.74, 6) is -1.70. The summed E-state index contributed by atoms with van der Waals surface area (Å²) in [5.41, 5.74) is 0. The van der Waals surface area contributed by atoms with E-state index in [4.69, 9.17) is 10.2 Å². The van der Waals surface area contributed by atoms with Crippen molar-refractivity contribution in [1.82, 2.24) is 0 Å². The summed E-state index contributed by atoms with van der Waals surface area (Å²) in [4.78, 5) is 19.9. The maximum Gasteiger partial charge on any atom is 0.317 e. The Balaban J connectivity index is 3.40. The third kappa shape index (κ3) is 7.79. The fourth-order valence-corrected chi connectivity index (χ4v) is 1.72. The molecular formula is C9H14Br2O4. The second-order valence-electron chi connectivity index (χ2n) is 3.25. The predicted molar refractivity (Wildman–Crippen MR) is 63.8 cm³/mol. The lowest BCUT2D eigenvalue weighted by Gasteiger charge is -2.05. The molecular weight excluding hydrogens is 332 g/mol. The molecule has 0 aliphatic heterocycles. The van der Waals surface area contributed by atoms with Crippen LogP contribution in [0.15, 0.2) is 0 Å². The Bertz CT molecular complexity index is 198. The molecule has 88 valence electrons. The van der Waals surface area contributed by atoms with Crippen molar-refractivity contribution in [1.29, 1.82) is 0 Å². The molecule has 0 spiro atoms. The molecule has 0 bridgehead atoms. The van der Waals surface area contributed by atoms with E-state index in [-0.39, 0.29) is 0 Å². The van der Waals surface area contributed by atoms with E-state index in [0.29, 0.717) is 12.8 Å². The van der Waals surface area contributed by atoms with Gasteiger partial charge in [-0.1, -0.05) is 51.1 Å². The third-order valence-electron chi connectivity index (χ3n) is 1.95. The summed E-state index contributed by atoms with van der Waals surface area (Å²) in [6.45, 7) is 0. The van der Waals surface area contributed by atoms with Gasteiger partial charge < -0.3 is 10.2 Å². The first-order chi connectivity index (χ1) is 6.95. The molecule has 2 atom stereocenters. The van der Waals surface area contributed by atoms with E-state index >= 15 is 0 Å². The molecule has 0 saturated carbocycles. The van der Waals surface area contributed by atoms with Crippen LogP contribution in [0.2, 0.25) is 0 Å². The minimum absolute atomic E-state index is 0.489. The van der Waals surface area contributed by atoms with E-state index in [1.165, 1.54) is 0 Å². The molecule has 15 heavy (non-hydrogen) atoms. The predicted octanol–water partition coefficient (Wildman–Crippen LogP) is 2.63. The monoisotopic (exact) mass is 344 g/mol. The normalized spacial score (nSPS) is 14.5. The number of alkyl halides is 2. The Kier molecular flexibility index (Phi) is 8.04. The molecule has 0 aliphatic carbocycles. The van der Waals surface area contributed by atoms with E-state index in [2.05, 4.69) is 31.9 Å². The van der Waals surface area contributed by atoms with Crippen molar-refractivity contribution in [2.45, 2.75) is 41.8 Å². The van der Waals surface area contributed by atoms with Crippen molar-refractivity contribution in [3.05, 3.63) is 0 Å². The Morgan fingerprint density at radius 2 is 1.20 bits per heavy atom. The van der Waals surface area contributed by atoms with E-state index in [0.717, 1.165) is 19.3 Å². The largest absolute Gasteiger partial charge is 0.480 e. The third-order valence-corrected chi connectivity index (χ3v) is 3.65. The van der Waals surface area contributed by atoms with E-state index in [1.807, 2.05) is 0 Å². The van der Waals surface area contributed by atoms with Gasteiger partial charge in [-0.05, 0) is 12.8 Å². The van der Waals surface area contributed by atoms with Gasteiger partial charge >= 0.3 is 11.9 Å². The second kappa shape index (κ2) is 8.10. The highest BCUT2D eigenvalue weighted by molar-refractivity contribution is 9.10. The zero-order valence-electron chi connectivity index (χ0n) is 8.16. The Hall–Kier alpha value is -0.100. The fraction of sp³-hybridized carbons (Fsp3) is 0.778. The van der Waals surface area contributed by atoms with Crippen LogP contribution in [-0.4, -0.2) is 31.8 Å².